The van der Waals surface area contributed by atoms with Crippen molar-refractivity contribution in [3.05, 3.63) is 63.1 Å². The highest BCUT2D eigenvalue weighted by molar-refractivity contribution is 6.35. The van der Waals surface area contributed by atoms with E-state index in [0.717, 1.165) is 12.1 Å². The number of halogens is 2. The lowest BCUT2D eigenvalue weighted by molar-refractivity contribution is 0.335. The molecule has 4 heteroatoms. The van der Waals surface area contributed by atoms with Crippen LogP contribution in [0.25, 0.3) is 0 Å². The second-order valence-corrected chi connectivity index (χ2v) is 5.74. The Morgan fingerprint density at radius 3 is 2.43 bits per heavy atom. The Bertz CT molecular complexity index is 596. The van der Waals surface area contributed by atoms with Crippen molar-refractivity contribution in [3.8, 4) is 5.75 Å². The van der Waals surface area contributed by atoms with Crippen molar-refractivity contribution in [1.82, 2.24) is 5.32 Å². The van der Waals surface area contributed by atoms with E-state index in [1.807, 2.05) is 13.0 Å². The van der Waals surface area contributed by atoms with Crippen molar-refractivity contribution in [1.29, 1.82) is 0 Å². The van der Waals surface area contributed by atoms with Crippen LogP contribution in [0.5, 0.6) is 5.75 Å². The minimum absolute atomic E-state index is 0.552. The lowest BCUT2D eigenvalue weighted by Gasteiger charge is -2.13. The van der Waals surface area contributed by atoms with Crippen LogP contribution in [-0.4, -0.2) is 6.61 Å². The van der Waals surface area contributed by atoms with E-state index in [4.69, 9.17) is 27.9 Å². The molecule has 0 saturated carbocycles. The summed E-state index contributed by atoms with van der Waals surface area (Å²) in [6.45, 7) is 6.04. The number of nitrogens with one attached hydrogen (secondary N) is 1. The number of aryl methyl sites for hydroxylation is 1. The topological polar surface area (TPSA) is 21.3 Å². The van der Waals surface area contributed by atoms with Gasteiger partial charge in [0.05, 0.1) is 11.6 Å². The molecule has 0 radical (unpaired) electrons. The van der Waals surface area contributed by atoms with Gasteiger partial charge in [-0.1, -0.05) is 53.0 Å². The van der Waals surface area contributed by atoms with E-state index in [1.165, 1.54) is 11.1 Å². The molecule has 2 rings (SSSR count). The number of rotatable bonds is 6. The first-order valence-electron chi connectivity index (χ1n) is 6.97. The summed E-state index contributed by atoms with van der Waals surface area (Å²) in [5.41, 5.74) is 3.48. The van der Waals surface area contributed by atoms with Gasteiger partial charge in [0.25, 0.3) is 0 Å². The number of benzene rings is 2. The van der Waals surface area contributed by atoms with Crippen LogP contribution in [0.2, 0.25) is 10.0 Å². The van der Waals surface area contributed by atoms with Crippen molar-refractivity contribution in [2.24, 2.45) is 0 Å². The molecule has 0 aliphatic heterocycles. The van der Waals surface area contributed by atoms with Crippen molar-refractivity contribution in [2.75, 3.05) is 6.61 Å². The zero-order valence-corrected chi connectivity index (χ0v) is 13.8. The summed E-state index contributed by atoms with van der Waals surface area (Å²) in [5.74, 6) is 0.708. The summed E-state index contributed by atoms with van der Waals surface area (Å²) in [5, 5.41) is 4.57. The minimum atomic E-state index is 0.552. The van der Waals surface area contributed by atoms with Crippen LogP contribution in [0.1, 0.15) is 23.6 Å². The highest BCUT2D eigenvalue weighted by Gasteiger charge is 2.10. The first-order chi connectivity index (χ1) is 10.1. The fraction of sp³-hybridized carbons (Fsp3) is 0.294. The Morgan fingerprint density at radius 2 is 1.76 bits per heavy atom. The van der Waals surface area contributed by atoms with E-state index in [2.05, 4.69) is 36.5 Å². The molecule has 1 N–H and O–H groups in total. The van der Waals surface area contributed by atoms with Gasteiger partial charge in [0.15, 0.2) is 0 Å². The molecular weight excluding hydrogens is 305 g/mol. The molecule has 0 spiro atoms. The second-order valence-electron chi connectivity index (χ2n) is 4.90. The maximum absolute atomic E-state index is 6.19. The zero-order chi connectivity index (χ0) is 15.2. The molecule has 0 bridgehead atoms. The van der Waals surface area contributed by atoms with Crippen LogP contribution in [0.4, 0.5) is 0 Å². The Labute approximate surface area is 136 Å². The predicted molar refractivity (Wildman–Crippen MR) is 89.4 cm³/mol. The van der Waals surface area contributed by atoms with Crippen LogP contribution < -0.4 is 10.1 Å². The van der Waals surface area contributed by atoms with Gasteiger partial charge in [-0.15, -0.1) is 0 Å². The second kappa shape index (κ2) is 7.69. The molecule has 2 nitrogen and oxygen atoms in total. The first-order valence-corrected chi connectivity index (χ1v) is 7.72. The maximum atomic E-state index is 6.19. The number of ether oxygens (including phenoxy) is 1. The highest BCUT2D eigenvalue weighted by atomic mass is 35.5. The average Bonchev–Trinajstić information content (AvgIpc) is 2.44. The Morgan fingerprint density at radius 1 is 1.05 bits per heavy atom. The normalized spacial score (nSPS) is 10.7. The monoisotopic (exact) mass is 323 g/mol. The molecule has 21 heavy (non-hydrogen) atoms. The molecule has 0 aliphatic carbocycles. The summed E-state index contributed by atoms with van der Waals surface area (Å²) in [7, 11) is 0. The van der Waals surface area contributed by atoms with Gasteiger partial charge in [0.2, 0.25) is 0 Å². The molecule has 0 aromatic heterocycles. The standard InChI is InChI=1S/C17H19Cl2NO/c1-3-21-17-14(8-15(18)9-16(17)19)11-20-10-13-6-4-12(2)5-7-13/h4-9,20H,3,10-11H2,1-2H3. The lowest BCUT2D eigenvalue weighted by atomic mass is 10.1. The van der Waals surface area contributed by atoms with Crippen molar-refractivity contribution >= 4 is 23.2 Å². The Kier molecular flexibility index (Phi) is 5.92. The molecular formula is C17H19Cl2NO. The van der Waals surface area contributed by atoms with E-state index in [-0.39, 0.29) is 0 Å². The van der Waals surface area contributed by atoms with Crippen LogP contribution in [-0.2, 0) is 13.1 Å². The van der Waals surface area contributed by atoms with Crippen LogP contribution in [0.3, 0.4) is 0 Å². The largest absolute Gasteiger partial charge is 0.492 e. The third-order valence-electron chi connectivity index (χ3n) is 3.14. The molecule has 0 heterocycles. The van der Waals surface area contributed by atoms with E-state index < -0.39 is 0 Å². The van der Waals surface area contributed by atoms with Gasteiger partial charge in [0.1, 0.15) is 5.75 Å². The van der Waals surface area contributed by atoms with Gasteiger partial charge in [-0.3, -0.25) is 0 Å². The maximum Gasteiger partial charge on any atom is 0.142 e. The molecule has 0 amide bonds. The van der Waals surface area contributed by atoms with Gasteiger partial charge in [-0.25, -0.2) is 0 Å². The number of hydrogen-bond donors (Lipinski definition) is 1. The quantitative estimate of drug-likeness (QED) is 0.808. The third kappa shape index (κ3) is 4.63. The van der Waals surface area contributed by atoms with Gasteiger partial charge >= 0.3 is 0 Å². The van der Waals surface area contributed by atoms with Crippen molar-refractivity contribution < 1.29 is 4.74 Å². The van der Waals surface area contributed by atoms with Crippen molar-refractivity contribution in [2.45, 2.75) is 26.9 Å². The predicted octanol–water partition coefficient (Wildman–Crippen LogP) is 4.99. The average molecular weight is 324 g/mol. The SMILES string of the molecule is CCOc1c(Cl)cc(Cl)cc1CNCc1ccc(C)cc1. The fourth-order valence-electron chi connectivity index (χ4n) is 2.10. The molecule has 0 saturated heterocycles. The molecule has 112 valence electrons. The van der Waals surface area contributed by atoms with Gasteiger partial charge in [-0.2, -0.15) is 0 Å². The van der Waals surface area contributed by atoms with Crippen LogP contribution in [0.15, 0.2) is 36.4 Å². The molecule has 0 fully saturated rings. The molecule has 2 aromatic rings. The van der Waals surface area contributed by atoms with Gasteiger partial charge in [-0.05, 0) is 31.5 Å². The summed E-state index contributed by atoms with van der Waals surface area (Å²) in [6.07, 6.45) is 0. The van der Waals surface area contributed by atoms with Gasteiger partial charge < -0.3 is 10.1 Å². The summed E-state index contributed by atoms with van der Waals surface area (Å²) in [4.78, 5) is 0. The Balaban J connectivity index is 2.03. The molecule has 0 unspecified atom stereocenters. The van der Waals surface area contributed by atoms with E-state index >= 15 is 0 Å². The van der Waals surface area contributed by atoms with Crippen molar-refractivity contribution in [3.63, 3.8) is 0 Å². The van der Waals surface area contributed by atoms with Gasteiger partial charge in [0, 0.05) is 23.7 Å². The zero-order valence-electron chi connectivity index (χ0n) is 12.2. The van der Waals surface area contributed by atoms with E-state index in [0.29, 0.717) is 28.9 Å². The molecule has 0 aliphatic rings. The smallest absolute Gasteiger partial charge is 0.142 e. The summed E-state index contributed by atoms with van der Waals surface area (Å²) >= 11 is 12.3. The van der Waals surface area contributed by atoms with E-state index in [1.54, 1.807) is 6.07 Å². The molecule has 2 aromatic carbocycles. The summed E-state index contributed by atoms with van der Waals surface area (Å²) in [6, 6.07) is 12.1. The number of hydrogen-bond acceptors (Lipinski definition) is 2. The van der Waals surface area contributed by atoms with E-state index in [9.17, 15) is 0 Å². The fourth-order valence-corrected chi connectivity index (χ4v) is 2.69. The Hall–Kier alpha value is -1.22. The molecule has 0 atom stereocenters. The van der Waals surface area contributed by atoms with Crippen LogP contribution in [0, 0.1) is 6.92 Å². The minimum Gasteiger partial charge on any atom is -0.492 e. The summed E-state index contributed by atoms with van der Waals surface area (Å²) < 4.78 is 5.61. The third-order valence-corrected chi connectivity index (χ3v) is 3.64. The lowest BCUT2D eigenvalue weighted by Crippen LogP contribution is -2.14. The highest BCUT2D eigenvalue weighted by Crippen LogP contribution is 2.32. The first kappa shape index (κ1) is 16.2. The van der Waals surface area contributed by atoms with Crippen LogP contribution >= 0.6 is 23.2 Å².